The number of carbonyl (C=O) groups is 2. The molecule has 2 N–H and O–H groups in total. The number of aromatic hydroxyl groups is 1. The minimum absolute atomic E-state index is 0.00909. The number of rotatable bonds is 4. The van der Waals surface area contributed by atoms with Gasteiger partial charge >= 0.3 is 0 Å². The number of hydrogen-bond acceptors (Lipinski definition) is 5. The molecule has 2 amide bonds. The second-order valence-corrected chi connectivity index (χ2v) is 6.42. The first-order valence-corrected chi connectivity index (χ1v) is 8.82. The van der Waals surface area contributed by atoms with E-state index >= 15 is 0 Å². The van der Waals surface area contributed by atoms with Gasteiger partial charge in [0.15, 0.2) is 16.6 Å². The van der Waals surface area contributed by atoms with Crippen molar-refractivity contribution in [1.82, 2.24) is 5.32 Å². The van der Waals surface area contributed by atoms with Crippen LogP contribution in [-0.2, 0) is 9.59 Å². The zero-order valence-corrected chi connectivity index (χ0v) is 15.8. The monoisotopic (exact) mass is 402 g/mol. The molecule has 2 aromatic carbocycles. The summed E-state index contributed by atoms with van der Waals surface area (Å²) in [6.07, 6.45) is 1.42. The summed E-state index contributed by atoms with van der Waals surface area (Å²) < 4.78 is 5.33. The van der Waals surface area contributed by atoms with E-state index in [1.165, 1.54) is 17.0 Å². The normalized spacial score (nSPS) is 15.9. The smallest absolute Gasteiger partial charge is 0.270 e. The van der Waals surface area contributed by atoms with Crippen LogP contribution in [0.1, 0.15) is 12.5 Å². The Balaban J connectivity index is 1.99. The molecule has 0 saturated carbocycles. The van der Waals surface area contributed by atoms with Gasteiger partial charge in [0.1, 0.15) is 5.57 Å². The molecule has 1 heterocycles. The summed E-state index contributed by atoms with van der Waals surface area (Å²) >= 11 is 11.0. The topological polar surface area (TPSA) is 78.9 Å². The summed E-state index contributed by atoms with van der Waals surface area (Å²) in [6.45, 7) is 2.15. The van der Waals surface area contributed by atoms with Gasteiger partial charge in [-0.2, -0.15) is 0 Å². The van der Waals surface area contributed by atoms with E-state index < -0.39 is 11.8 Å². The Labute approximate surface area is 166 Å². The summed E-state index contributed by atoms with van der Waals surface area (Å²) in [5.74, 6) is -0.915. The highest BCUT2D eigenvalue weighted by molar-refractivity contribution is 7.80. The maximum atomic E-state index is 12.9. The number of halogens is 1. The Hall–Kier alpha value is -2.90. The largest absolute Gasteiger partial charge is 0.504 e. The van der Waals surface area contributed by atoms with Crippen LogP contribution in [-0.4, -0.2) is 28.6 Å². The average Bonchev–Trinajstić information content (AvgIpc) is 2.63. The van der Waals surface area contributed by atoms with E-state index in [2.05, 4.69) is 5.32 Å². The van der Waals surface area contributed by atoms with Crippen molar-refractivity contribution >= 4 is 52.5 Å². The Kier molecular flexibility index (Phi) is 5.43. The molecule has 0 bridgehead atoms. The highest BCUT2D eigenvalue weighted by Crippen LogP contribution is 2.29. The van der Waals surface area contributed by atoms with Crippen LogP contribution in [0.5, 0.6) is 11.5 Å². The third-order valence-corrected chi connectivity index (χ3v) is 4.32. The number of carbonyl (C=O) groups excluding carboxylic acids is 2. The zero-order valence-electron chi connectivity index (χ0n) is 14.2. The SMILES string of the molecule is CCOc1cc(C=C2C(=O)NC(=S)N(c3ccc(Cl)cc3)C2=O)ccc1O. The first kappa shape index (κ1) is 18.9. The van der Waals surface area contributed by atoms with Gasteiger partial charge in [-0.3, -0.25) is 19.8 Å². The lowest BCUT2D eigenvalue weighted by Crippen LogP contribution is -2.54. The number of phenols is 1. The number of benzene rings is 2. The molecule has 6 nitrogen and oxygen atoms in total. The molecule has 1 saturated heterocycles. The highest BCUT2D eigenvalue weighted by Gasteiger charge is 2.34. The zero-order chi connectivity index (χ0) is 19.6. The van der Waals surface area contributed by atoms with E-state index in [0.29, 0.717) is 22.9 Å². The Morgan fingerprint density at radius 1 is 1.22 bits per heavy atom. The van der Waals surface area contributed by atoms with Gasteiger partial charge in [-0.25, -0.2) is 0 Å². The third kappa shape index (κ3) is 3.94. The second kappa shape index (κ2) is 7.77. The van der Waals surface area contributed by atoms with Crippen molar-refractivity contribution in [1.29, 1.82) is 0 Å². The van der Waals surface area contributed by atoms with Gasteiger partial charge in [0, 0.05) is 5.02 Å². The fraction of sp³-hybridized carbons (Fsp3) is 0.105. The van der Waals surface area contributed by atoms with E-state index in [1.807, 2.05) is 0 Å². The molecule has 27 heavy (non-hydrogen) atoms. The minimum atomic E-state index is -0.596. The first-order valence-electron chi connectivity index (χ1n) is 8.03. The molecule has 1 fully saturated rings. The molecule has 1 aliphatic rings. The number of nitrogens with one attached hydrogen (secondary N) is 1. The fourth-order valence-electron chi connectivity index (χ4n) is 2.54. The van der Waals surface area contributed by atoms with Crippen LogP contribution in [0, 0.1) is 0 Å². The van der Waals surface area contributed by atoms with E-state index in [1.54, 1.807) is 43.3 Å². The van der Waals surface area contributed by atoms with Crippen molar-refractivity contribution in [3.8, 4) is 11.5 Å². The Bertz CT molecular complexity index is 957. The molecule has 0 aliphatic carbocycles. The average molecular weight is 403 g/mol. The third-order valence-electron chi connectivity index (χ3n) is 3.78. The van der Waals surface area contributed by atoms with Crippen LogP contribution in [0.15, 0.2) is 48.0 Å². The molecule has 138 valence electrons. The summed E-state index contributed by atoms with van der Waals surface area (Å²) in [4.78, 5) is 26.4. The molecule has 0 aromatic heterocycles. The highest BCUT2D eigenvalue weighted by atomic mass is 35.5. The van der Waals surface area contributed by atoms with Crippen LogP contribution in [0.3, 0.4) is 0 Å². The molecule has 0 unspecified atom stereocenters. The molecule has 0 spiro atoms. The number of nitrogens with zero attached hydrogens (tertiary/aromatic N) is 1. The van der Waals surface area contributed by atoms with E-state index in [9.17, 15) is 14.7 Å². The number of thiocarbonyl (C=S) groups is 1. The van der Waals surface area contributed by atoms with E-state index in [-0.39, 0.29) is 22.2 Å². The van der Waals surface area contributed by atoms with Crippen molar-refractivity contribution in [3.05, 3.63) is 58.6 Å². The summed E-state index contributed by atoms with van der Waals surface area (Å²) in [5.41, 5.74) is 0.923. The maximum absolute atomic E-state index is 12.9. The maximum Gasteiger partial charge on any atom is 0.270 e. The predicted molar refractivity (Wildman–Crippen MR) is 107 cm³/mol. The number of anilines is 1. The van der Waals surface area contributed by atoms with Crippen molar-refractivity contribution in [2.45, 2.75) is 6.92 Å². The molecular formula is C19H15ClN2O4S. The van der Waals surface area contributed by atoms with Crippen molar-refractivity contribution in [3.63, 3.8) is 0 Å². The van der Waals surface area contributed by atoms with Crippen molar-refractivity contribution in [2.75, 3.05) is 11.5 Å². The minimum Gasteiger partial charge on any atom is -0.504 e. The van der Waals surface area contributed by atoms with Crippen LogP contribution in [0.2, 0.25) is 5.02 Å². The predicted octanol–water partition coefficient (Wildman–Crippen LogP) is 3.28. The molecule has 0 radical (unpaired) electrons. The lowest BCUT2D eigenvalue weighted by Gasteiger charge is -2.29. The van der Waals surface area contributed by atoms with E-state index in [0.717, 1.165) is 0 Å². The number of phenolic OH excluding ortho intramolecular Hbond substituents is 1. The van der Waals surface area contributed by atoms with Gasteiger partial charge < -0.3 is 9.84 Å². The number of hydrogen-bond donors (Lipinski definition) is 2. The molecule has 0 atom stereocenters. The fourth-order valence-corrected chi connectivity index (χ4v) is 2.95. The lowest BCUT2D eigenvalue weighted by atomic mass is 10.1. The number of amides is 2. The molecule has 3 rings (SSSR count). The van der Waals surface area contributed by atoms with Gasteiger partial charge in [0.05, 0.1) is 12.3 Å². The molecule has 8 heteroatoms. The quantitative estimate of drug-likeness (QED) is 0.466. The Morgan fingerprint density at radius 3 is 2.59 bits per heavy atom. The summed E-state index contributed by atoms with van der Waals surface area (Å²) in [7, 11) is 0. The standard InChI is InChI=1S/C19H15ClN2O4S/c1-2-26-16-10-11(3-8-15(16)23)9-14-17(24)21-19(27)22(18(14)25)13-6-4-12(20)5-7-13/h3-10,23H,2H2,1H3,(H,21,24,27). The molecule has 1 aliphatic heterocycles. The van der Waals surface area contributed by atoms with Gasteiger partial charge in [0.2, 0.25) is 0 Å². The molecule has 2 aromatic rings. The van der Waals surface area contributed by atoms with Gasteiger partial charge in [0.25, 0.3) is 11.8 Å². The number of ether oxygens (including phenoxy) is 1. The first-order chi connectivity index (χ1) is 12.9. The van der Waals surface area contributed by atoms with Gasteiger partial charge in [-0.05, 0) is 67.2 Å². The summed E-state index contributed by atoms with van der Waals surface area (Å²) in [6, 6.07) is 11.1. The van der Waals surface area contributed by atoms with Crippen LogP contribution >= 0.6 is 23.8 Å². The summed E-state index contributed by atoms with van der Waals surface area (Å²) in [5, 5.41) is 12.8. The molecular weight excluding hydrogens is 388 g/mol. The van der Waals surface area contributed by atoms with Crippen LogP contribution in [0.4, 0.5) is 5.69 Å². The van der Waals surface area contributed by atoms with Crippen LogP contribution in [0.25, 0.3) is 6.08 Å². The Morgan fingerprint density at radius 2 is 1.93 bits per heavy atom. The van der Waals surface area contributed by atoms with Crippen molar-refractivity contribution < 1.29 is 19.4 Å². The van der Waals surface area contributed by atoms with Gasteiger partial charge in [-0.1, -0.05) is 17.7 Å². The van der Waals surface area contributed by atoms with Crippen molar-refractivity contribution in [2.24, 2.45) is 0 Å². The lowest BCUT2D eigenvalue weighted by molar-refractivity contribution is -0.122. The second-order valence-electron chi connectivity index (χ2n) is 5.59. The van der Waals surface area contributed by atoms with Crippen LogP contribution < -0.4 is 15.0 Å². The van der Waals surface area contributed by atoms with Gasteiger partial charge in [-0.15, -0.1) is 0 Å². The van der Waals surface area contributed by atoms with E-state index in [4.69, 9.17) is 28.6 Å².